The quantitative estimate of drug-likeness (QED) is 0.226. The van der Waals surface area contributed by atoms with E-state index in [0.29, 0.717) is 17.9 Å². The summed E-state index contributed by atoms with van der Waals surface area (Å²) in [5.74, 6) is 0.877. The Morgan fingerprint density at radius 2 is 1.69 bits per heavy atom. The molecule has 1 fully saturated rings. The van der Waals surface area contributed by atoms with Crippen molar-refractivity contribution in [2.45, 2.75) is 64.7 Å². The lowest BCUT2D eigenvalue weighted by molar-refractivity contribution is 0.0728. The van der Waals surface area contributed by atoms with Gasteiger partial charge in [-0.15, -0.1) is 0 Å². The van der Waals surface area contributed by atoms with Gasteiger partial charge in [-0.25, -0.2) is 9.18 Å². The van der Waals surface area contributed by atoms with Crippen molar-refractivity contribution in [2.24, 2.45) is 11.8 Å². The lowest BCUT2D eigenvalue weighted by Crippen LogP contribution is -2.15. The van der Waals surface area contributed by atoms with Crippen LogP contribution in [0.25, 0.3) is 0 Å². The molecule has 0 aliphatic heterocycles. The standard InChI is InChI=1S/C27H32FNO3/c1-2-3-5-20-7-9-21(10-8-20)6-4-17-31-24-14-12-23(13-15-24)27(30)32-26-16-11-22(19-29)18-25(26)28/h11-16,18,20-21H,2-10,17H2,1H3/t20-,21-. The fourth-order valence-electron chi connectivity index (χ4n) is 4.36. The zero-order chi connectivity index (χ0) is 22.8. The van der Waals surface area contributed by atoms with Crippen LogP contribution in [0.4, 0.5) is 4.39 Å². The van der Waals surface area contributed by atoms with Crippen molar-refractivity contribution in [1.29, 1.82) is 5.26 Å². The second-order valence-electron chi connectivity index (χ2n) is 8.69. The Kier molecular flexibility index (Phi) is 9.10. The summed E-state index contributed by atoms with van der Waals surface area (Å²) in [7, 11) is 0. The molecule has 0 spiro atoms. The van der Waals surface area contributed by atoms with Crippen LogP contribution >= 0.6 is 0 Å². The maximum atomic E-state index is 13.9. The highest BCUT2D eigenvalue weighted by molar-refractivity contribution is 5.91. The zero-order valence-electron chi connectivity index (χ0n) is 18.8. The van der Waals surface area contributed by atoms with Gasteiger partial charge in [0.1, 0.15) is 5.75 Å². The fourth-order valence-corrected chi connectivity index (χ4v) is 4.36. The number of esters is 1. The number of carbonyl (C=O) groups excluding carboxylic acids is 1. The van der Waals surface area contributed by atoms with E-state index < -0.39 is 11.8 Å². The van der Waals surface area contributed by atoms with E-state index in [1.54, 1.807) is 24.3 Å². The first-order valence-corrected chi connectivity index (χ1v) is 11.7. The Hall–Kier alpha value is -2.87. The number of carbonyl (C=O) groups is 1. The van der Waals surface area contributed by atoms with E-state index in [-0.39, 0.29) is 11.3 Å². The molecule has 0 heterocycles. The first-order chi connectivity index (χ1) is 15.6. The predicted octanol–water partition coefficient (Wildman–Crippen LogP) is 7.07. The minimum Gasteiger partial charge on any atom is -0.494 e. The van der Waals surface area contributed by atoms with Crippen LogP contribution in [0.5, 0.6) is 11.5 Å². The van der Waals surface area contributed by atoms with Crippen LogP contribution in [0.1, 0.15) is 80.6 Å². The topological polar surface area (TPSA) is 59.3 Å². The van der Waals surface area contributed by atoms with Gasteiger partial charge in [0.05, 0.1) is 23.8 Å². The van der Waals surface area contributed by atoms with Crippen LogP contribution in [-0.4, -0.2) is 12.6 Å². The van der Waals surface area contributed by atoms with Gasteiger partial charge in [0.15, 0.2) is 11.6 Å². The van der Waals surface area contributed by atoms with Crippen molar-refractivity contribution in [3.05, 3.63) is 59.4 Å². The Morgan fingerprint density at radius 1 is 1.03 bits per heavy atom. The third-order valence-corrected chi connectivity index (χ3v) is 6.31. The first-order valence-electron chi connectivity index (χ1n) is 11.7. The van der Waals surface area contributed by atoms with Crippen LogP contribution in [0.2, 0.25) is 0 Å². The number of benzene rings is 2. The number of unbranched alkanes of at least 4 members (excludes halogenated alkanes) is 1. The number of hydrogen-bond donors (Lipinski definition) is 0. The third-order valence-electron chi connectivity index (χ3n) is 6.31. The molecule has 0 aromatic heterocycles. The number of halogens is 1. The lowest BCUT2D eigenvalue weighted by atomic mass is 9.78. The van der Waals surface area contributed by atoms with Gasteiger partial charge in [-0.3, -0.25) is 0 Å². The zero-order valence-corrected chi connectivity index (χ0v) is 18.8. The summed E-state index contributed by atoms with van der Waals surface area (Å²) in [6, 6.07) is 12.2. The average molecular weight is 438 g/mol. The normalized spacial score (nSPS) is 18.0. The number of ether oxygens (including phenoxy) is 2. The van der Waals surface area contributed by atoms with Crippen molar-refractivity contribution < 1.29 is 18.7 Å². The van der Waals surface area contributed by atoms with Gasteiger partial charge in [0, 0.05) is 0 Å². The highest BCUT2D eigenvalue weighted by atomic mass is 19.1. The molecule has 0 radical (unpaired) electrons. The molecule has 2 aromatic rings. The molecule has 0 unspecified atom stereocenters. The molecule has 5 heteroatoms. The Morgan fingerprint density at radius 3 is 2.28 bits per heavy atom. The number of hydrogen-bond acceptors (Lipinski definition) is 4. The Bertz CT molecular complexity index is 911. The van der Waals surface area contributed by atoms with Crippen LogP contribution in [-0.2, 0) is 0 Å². The molecule has 32 heavy (non-hydrogen) atoms. The number of rotatable bonds is 10. The van der Waals surface area contributed by atoms with Crippen LogP contribution in [0.15, 0.2) is 42.5 Å². The molecular weight excluding hydrogens is 405 g/mol. The van der Waals surface area contributed by atoms with Crippen LogP contribution in [0, 0.1) is 29.0 Å². The highest BCUT2D eigenvalue weighted by Gasteiger charge is 2.20. The van der Waals surface area contributed by atoms with Gasteiger partial charge in [0.2, 0.25) is 0 Å². The van der Waals surface area contributed by atoms with Gasteiger partial charge in [-0.1, -0.05) is 51.9 Å². The van der Waals surface area contributed by atoms with E-state index in [1.807, 2.05) is 6.07 Å². The van der Waals surface area contributed by atoms with E-state index in [4.69, 9.17) is 14.7 Å². The van der Waals surface area contributed by atoms with Gasteiger partial charge in [-0.2, -0.15) is 5.26 Å². The van der Waals surface area contributed by atoms with E-state index in [0.717, 1.165) is 24.3 Å². The van der Waals surface area contributed by atoms with Gasteiger partial charge < -0.3 is 9.47 Å². The van der Waals surface area contributed by atoms with Crippen LogP contribution < -0.4 is 9.47 Å². The molecule has 0 amide bonds. The largest absolute Gasteiger partial charge is 0.494 e. The third kappa shape index (κ3) is 7.09. The molecule has 0 N–H and O–H groups in total. The first kappa shape index (κ1) is 23.8. The summed E-state index contributed by atoms with van der Waals surface area (Å²) in [6.45, 7) is 2.93. The van der Waals surface area contributed by atoms with E-state index in [2.05, 4.69) is 6.92 Å². The molecule has 1 aliphatic carbocycles. The summed E-state index contributed by atoms with van der Waals surface area (Å²) >= 11 is 0. The number of nitrogens with zero attached hydrogens (tertiary/aromatic N) is 1. The average Bonchev–Trinajstić information content (AvgIpc) is 2.82. The van der Waals surface area contributed by atoms with Crippen molar-refractivity contribution >= 4 is 5.97 Å². The summed E-state index contributed by atoms with van der Waals surface area (Å²) in [5, 5.41) is 8.78. The molecular formula is C27H32FNO3. The second kappa shape index (κ2) is 12.2. The SMILES string of the molecule is CCCC[C@H]1CC[C@H](CCCOc2ccc(C(=O)Oc3ccc(C#N)cc3F)cc2)CC1. The molecule has 170 valence electrons. The summed E-state index contributed by atoms with van der Waals surface area (Å²) in [6.07, 6.45) is 11.8. The molecule has 1 saturated carbocycles. The minimum atomic E-state index is -0.744. The van der Waals surface area contributed by atoms with Gasteiger partial charge >= 0.3 is 5.97 Å². The molecule has 0 atom stereocenters. The maximum Gasteiger partial charge on any atom is 0.343 e. The molecule has 4 nitrogen and oxygen atoms in total. The van der Waals surface area contributed by atoms with Crippen molar-refractivity contribution in [3.63, 3.8) is 0 Å². The van der Waals surface area contributed by atoms with Gasteiger partial charge in [-0.05, 0) is 67.1 Å². The van der Waals surface area contributed by atoms with Crippen molar-refractivity contribution in [1.82, 2.24) is 0 Å². The Labute approximate surface area is 190 Å². The molecule has 0 bridgehead atoms. The van der Waals surface area contributed by atoms with E-state index in [9.17, 15) is 9.18 Å². The number of nitriles is 1. The molecule has 2 aromatic carbocycles. The summed E-state index contributed by atoms with van der Waals surface area (Å²) < 4.78 is 24.8. The van der Waals surface area contributed by atoms with Gasteiger partial charge in [0.25, 0.3) is 0 Å². The predicted molar refractivity (Wildman–Crippen MR) is 122 cm³/mol. The molecule has 0 saturated heterocycles. The molecule has 1 aliphatic rings. The summed E-state index contributed by atoms with van der Waals surface area (Å²) in [5.41, 5.74) is 0.476. The summed E-state index contributed by atoms with van der Waals surface area (Å²) in [4.78, 5) is 12.3. The fraction of sp³-hybridized carbons (Fsp3) is 0.481. The van der Waals surface area contributed by atoms with Crippen molar-refractivity contribution in [3.8, 4) is 17.6 Å². The maximum absolute atomic E-state index is 13.9. The highest BCUT2D eigenvalue weighted by Crippen LogP contribution is 2.34. The van der Waals surface area contributed by atoms with Crippen molar-refractivity contribution in [2.75, 3.05) is 6.61 Å². The van der Waals surface area contributed by atoms with Crippen LogP contribution in [0.3, 0.4) is 0 Å². The Balaban J connectivity index is 1.38. The smallest absolute Gasteiger partial charge is 0.343 e. The monoisotopic (exact) mass is 437 g/mol. The molecule has 3 rings (SSSR count). The second-order valence-corrected chi connectivity index (χ2v) is 8.69. The minimum absolute atomic E-state index is 0.170. The van der Waals surface area contributed by atoms with E-state index in [1.165, 1.54) is 63.5 Å². The lowest BCUT2D eigenvalue weighted by Gasteiger charge is -2.28. The van der Waals surface area contributed by atoms with E-state index >= 15 is 0 Å².